The molecule has 6 rings (SSSR count). The van der Waals surface area contributed by atoms with Crippen LogP contribution in [0.2, 0.25) is 0 Å². The van der Waals surface area contributed by atoms with Gasteiger partial charge in [0.15, 0.2) is 5.84 Å². The lowest BCUT2D eigenvalue weighted by atomic mass is 10.0. The van der Waals surface area contributed by atoms with E-state index in [4.69, 9.17) is 14.7 Å². The molecule has 4 aromatic carbocycles. The number of nitrogens with zero attached hydrogens (tertiary/aromatic N) is 5. The smallest absolute Gasteiger partial charge is 0.297 e. The number of hydrogen-bond donors (Lipinski definition) is 1. The van der Waals surface area contributed by atoms with E-state index in [1.807, 2.05) is 115 Å². The average Bonchev–Trinajstić information content (AvgIpc) is 3.32. The maximum Gasteiger partial charge on any atom is 0.297 e. The number of ether oxygens (including phenoxy) is 1. The van der Waals surface area contributed by atoms with Gasteiger partial charge < -0.3 is 4.74 Å². The lowest BCUT2D eigenvalue weighted by Gasteiger charge is -2.19. The topological polar surface area (TPSA) is 92.6 Å². The van der Waals surface area contributed by atoms with Gasteiger partial charge in [-0.05, 0) is 12.1 Å². The first kappa shape index (κ1) is 24.7. The van der Waals surface area contributed by atoms with Gasteiger partial charge >= 0.3 is 0 Å². The minimum Gasteiger partial charge on any atom is -0.496 e. The minimum atomic E-state index is -0.359. The molecule has 0 aliphatic carbocycles. The monoisotopic (exact) mass is 524 g/mol. The number of carbonyl (C=O) groups is 1. The van der Waals surface area contributed by atoms with Crippen molar-refractivity contribution in [2.75, 3.05) is 12.5 Å². The molecular weight excluding hydrogens is 500 g/mol. The lowest BCUT2D eigenvalue weighted by Crippen LogP contribution is -2.38. The van der Waals surface area contributed by atoms with E-state index in [0.717, 1.165) is 22.3 Å². The van der Waals surface area contributed by atoms with Gasteiger partial charge in [-0.1, -0.05) is 109 Å². The number of amidine groups is 1. The molecule has 8 nitrogen and oxygen atoms in total. The molecule has 40 heavy (non-hydrogen) atoms. The summed E-state index contributed by atoms with van der Waals surface area (Å²) in [5.41, 5.74) is 7.84. The summed E-state index contributed by atoms with van der Waals surface area (Å²) in [5, 5.41) is 10.2. The van der Waals surface area contributed by atoms with Crippen molar-refractivity contribution in [3.63, 3.8) is 0 Å². The standard InChI is InChI=1S/C32H24N6O2/c1-40-27-20-12-11-19-25(27)21-26-31(39)38(30(33-26)24-17-9-4-10-18-24)37-32-34-28(22-13-5-2-6-14-22)29(35-36-32)23-15-7-3-8-16-23/h2-21H,1H3,(H,34,36,37)/b26-21-. The number of hydrazine groups is 1. The van der Waals surface area contributed by atoms with Crippen LogP contribution in [0.25, 0.3) is 28.6 Å². The Morgan fingerprint density at radius 1 is 0.700 bits per heavy atom. The van der Waals surface area contributed by atoms with Crippen molar-refractivity contribution in [1.82, 2.24) is 20.2 Å². The highest BCUT2D eigenvalue weighted by molar-refractivity contribution is 6.20. The Kier molecular flexibility index (Phi) is 6.79. The third-order valence-corrected chi connectivity index (χ3v) is 6.32. The second-order valence-corrected chi connectivity index (χ2v) is 8.89. The van der Waals surface area contributed by atoms with Crippen molar-refractivity contribution in [2.45, 2.75) is 0 Å². The molecular formula is C32H24N6O2. The van der Waals surface area contributed by atoms with Gasteiger partial charge in [-0.25, -0.2) is 9.98 Å². The van der Waals surface area contributed by atoms with Crippen LogP contribution >= 0.6 is 0 Å². The van der Waals surface area contributed by atoms with E-state index in [-0.39, 0.29) is 17.6 Å². The molecule has 2 heterocycles. The zero-order valence-electron chi connectivity index (χ0n) is 21.6. The largest absolute Gasteiger partial charge is 0.496 e. The number of methoxy groups -OCH3 is 1. The van der Waals surface area contributed by atoms with Crippen LogP contribution < -0.4 is 10.2 Å². The van der Waals surface area contributed by atoms with Crippen LogP contribution in [-0.4, -0.2) is 39.0 Å². The molecule has 0 saturated heterocycles. The molecule has 0 bridgehead atoms. The SMILES string of the molecule is COc1ccccc1/C=C1\N=C(c2ccccc2)N(Nc2nnc(-c3ccccc3)c(-c3ccccc3)n2)C1=O. The number of aromatic nitrogens is 3. The molecule has 1 aromatic heterocycles. The summed E-state index contributed by atoms with van der Waals surface area (Å²) < 4.78 is 5.47. The number of rotatable bonds is 7. The predicted octanol–water partition coefficient (Wildman–Crippen LogP) is 5.87. The van der Waals surface area contributed by atoms with E-state index in [9.17, 15) is 4.79 Å². The van der Waals surface area contributed by atoms with Crippen LogP contribution in [0, 0.1) is 0 Å². The number of benzene rings is 4. The number of hydrogen-bond acceptors (Lipinski definition) is 7. The number of carbonyl (C=O) groups excluding carboxylic acids is 1. The summed E-state index contributed by atoms with van der Waals surface area (Å²) in [6.07, 6.45) is 1.71. The van der Waals surface area contributed by atoms with Gasteiger partial charge in [0, 0.05) is 22.3 Å². The van der Waals surface area contributed by atoms with Crippen LogP contribution in [-0.2, 0) is 4.79 Å². The first-order valence-electron chi connectivity index (χ1n) is 12.7. The molecule has 1 aliphatic heterocycles. The van der Waals surface area contributed by atoms with Crippen LogP contribution in [0.4, 0.5) is 5.95 Å². The third kappa shape index (κ3) is 4.93. The van der Waals surface area contributed by atoms with E-state index in [1.165, 1.54) is 5.01 Å². The van der Waals surface area contributed by atoms with Crippen molar-refractivity contribution >= 4 is 23.8 Å². The normalized spacial score (nSPS) is 13.8. The number of anilines is 1. The fourth-order valence-corrected chi connectivity index (χ4v) is 4.40. The molecule has 1 N–H and O–H groups in total. The molecule has 194 valence electrons. The second-order valence-electron chi connectivity index (χ2n) is 8.89. The van der Waals surface area contributed by atoms with Gasteiger partial charge in [0.2, 0.25) is 0 Å². The predicted molar refractivity (Wildman–Crippen MR) is 155 cm³/mol. The molecule has 8 heteroatoms. The molecule has 0 saturated carbocycles. The first-order valence-corrected chi connectivity index (χ1v) is 12.7. The summed E-state index contributed by atoms with van der Waals surface area (Å²) >= 11 is 0. The van der Waals surface area contributed by atoms with E-state index >= 15 is 0 Å². The van der Waals surface area contributed by atoms with Gasteiger partial charge in [0.1, 0.15) is 22.8 Å². The van der Waals surface area contributed by atoms with E-state index in [2.05, 4.69) is 15.6 Å². The Labute approximate surface area is 231 Å². The maximum absolute atomic E-state index is 13.7. The number of aliphatic imine (C=N–C) groups is 1. The summed E-state index contributed by atoms with van der Waals surface area (Å²) in [4.78, 5) is 23.2. The zero-order chi connectivity index (χ0) is 27.3. The summed E-state index contributed by atoms with van der Waals surface area (Å²) in [6, 6.07) is 36.4. The van der Waals surface area contributed by atoms with E-state index in [0.29, 0.717) is 23.0 Å². The highest BCUT2D eigenvalue weighted by atomic mass is 16.5. The highest BCUT2D eigenvalue weighted by Gasteiger charge is 2.32. The molecule has 1 aliphatic rings. The molecule has 1 amide bonds. The average molecular weight is 525 g/mol. The quantitative estimate of drug-likeness (QED) is 0.268. The summed E-state index contributed by atoms with van der Waals surface area (Å²) in [7, 11) is 1.59. The van der Waals surface area contributed by atoms with Crippen molar-refractivity contribution < 1.29 is 9.53 Å². The van der Waals surface area contributed by atoms with Gasteiger partial charge in [-0.2, -0.15) is 5.01 Å². The zero-order valence-corrected chi connectivity index (χ0v) is 21.6. The van der Waals surface area contributed by atoms with Gasteiger partial charge in [0.25, 0.3) is 11.9 Å². The number of para-hydroxylation sites is 1. The Morgan fingerprint density at radius 3 is 1.93 bits per heavy atom. The molecule has 0 spiro atoms. The van der Waals surface area contributed by atoms with Crippen molar-refractivity contribution in [2.24, 2.45) is 4.99 Å². The number of nitrogens with one attached hydrogen (secondary N) is 1. The Bertz CT molecular complexity index is 1720. The second kappa shape index (κ2) is 11.0. The Morgan fingerprint density at radius 2 is 1.27 bits per heavy atom. The summed E-state index contributed by atoms with van der Waals surface area (Å²) in [6.45, 7) is 0. The fraction of sp³-hybridized carbons (Fsp3) is 0.0312. The van der Waals surface area contributed by atoms with Gasteiger partial charge in [-0.3, -0.25) is 10.2 Å². The minimum absolute atomic E-state index is 0.161. The molecule has 5 aromatic rings. The Balaban J connectivity index is 1.41. The van der Waals surface area contributed by atoms with Gasteiger partial charge in [-0.15, -0.1) is 10.2 Å². The summed E-state index contributed by atoms with van der Waals surface area (Å²) in [5.74, 6) is 0.863. The van der Waals surface area contributed by atoms with E-state index in [1.54, 1.807) is 13.2 Å². The first-order chi connectivity index (χ1) is 19.7. The maximum atomic E-state index is 13.7. The fourth-order valence-electron chi connectivity index (χ4n) is 4.40. The van der Waals surface area contributed by atoms with Crippen LogP contribution in [0.1, 0.15) is 11.1 Å². The van der Waals surface area contributed by atoms with Crippen LogP contribution in [0.3, 0.4) is 0 Å². The lowest BCUT2D eigenvalue weighted by molar-refractivity contribution is -0.121. The molecule has 0 atom stereocenters. The van der Waals surface area contributed by atoms with Crippen molar-refractivity contribution in [1.29, 1.82) is 0 Å². The van der Waals surface area contributed by atoms with Crippen molar-refractivity contribution in [3.05, 3.63) is 132 Å². The van der Waals surface area contributed by atoms with Crippen LogP contribution in [0.5, 0.6) is 5.75 Å². The van der Waals surface area contributed by atoms with E-state index < -0.39 is 0 Å². The van der Waals surface area contributed by atoms with Crippen molar-refractivity contribution in [3.8, 4) is 28.3 Å². The molecule has 0 fully saturated rings. The van der Waals surface area contributed by atoms with Gasteiger partial charge in [0.05, 0.1) is 7.11 Å². The molecule has 0 radical (unpaired) electrons. The molecule has 0 unspecified atom stereocenters. The van der Waals surface area contributed by atoms with Crippen LogP contribution in [0.15, 0.2) is 126 Å². The Hall–Kier alpha value is -5.63. The number of amides is 1. The highest BCUT2D eigenvalue weighted by Crippen LogP contribution is 2.30. The third-order valence-electron chi connectivity index (χ3n) is 6.32.